The number of H-pyrrole nitrogens is 1. The third kappa shape index (κ3) is 4.91. The SMILES string of the molecule is CCn1c2ccccc2c2cc(NC(=O)C(C)Sc3nc(-c4ccc(C)cc4)c(-c4ccc(C)cc4)[nH]3)ccc21. The summed E-state index contributed by atoms with van der Waals surface area (Å²) in [5, 5.41) is 5.84. The van der Waals surface area contributed by atoms with Crippen molar-refractivity contribution in [2.75, 3.05) is 5.32 Å². The van der Waals surface area contributed by atoms with E-state index < -0.39 is 0 Å². The molecule has 0 radical (unpaired) electrons. The molecule has 0 saturated heterocycles. The summed E-state index contributed by atoms with van der Waals surface area (Å²) < 4.78 is 2.31. The number of imidazole rings is 1. The van der Waals surface area contributed by atoms with Gasteiger partial charge in [-0.25, -0.2) is 4.98 Å². The summed E-state index contributed by atoms with van der Waals surface area (Å²) >= 11 is 1.43. The largest absolute Gasteiger partial charge is 0.341 e. The molecule has 6 aromatic rings. The quantitative estimate of drug-likeness (QED) is 0.198. The summed E-state index contributed by atoms with van der Waals surface area (Å²) in [5.41, 5.74) is 9.53. The lowest BCUT2D eigenvalue weighted by Crippen LogP contribution is -2.22. The van der Waals surface area contributed by atoms with Crippen LogP contribution in [0.5, 0.6) is 0 Å². The van der Waals surface area contributed by atoms with E-state index in [0.29, 0.717) is 0 Å². The van der Waals surface area contributed by atoms with Crippen molar-refractivity contribution in [2.24, 2.45) is 0 Å². The molecule has 6 rings (SSSR count). The summed E-state index contributed by atoms with van der Waals surface area (Å²) in [5.74, 6) is -0.0613. The fourth-order valence-corrected chi connectivity index (χ4v) is 6.00. The maximum absolute atomic E-state index is 13.3. The molecule has 6 heteroatoms. The number of nitrogens with zero attached hydrogens (tertiary/aromatic N) is 2. The Morgan fingerprint density at radius 3 is 2.23 bits per heavy atom. The molecule has 2 aromatic heterocycles. The highest BCUT2D eigenvalue weighted by Gasteiger charge is 2.21. The van der Waals surface area contributed by atoms with E-state index in [-0.39, 0.29) is 11.2 Å². The summed E-state index contributed by atoms with van der Waals surface area (Å²) in [6.07, 6.45) is 0. The molecule has 0 bridgehead atoms. The normalized spacial score (nSPS) is 12.2. The zero-order valence-corrected chi connectivity index (χ0v) is 24.0. The van der Waals surface area contributed by atoms with Crippen molar-refractivity contribution >= 4 is 45.2 Å². The Labute approximate surface area is 238 Å². The molecule has 5 nitrogen and oxygen atoms in total. The van der Waals surface area contributed by atoms with E-state index >= 15 is 0 Å². The predicted octanol–water partition coefficient (Wildman–Crippen LogP) is 8.61. The lowest BCUT2D eigenvalue weighted by Gasteiger charge is -2.11. The average molecular weight is 545 g/mol. The molecule has 4 aromatic carbocycles. The first-order chi connectivity index (χ1) is 19.4. The van der Waals surface area contributed by atoms with Crippen LogP contribution in [0.1, 0.15) is 25.0 Å². The standard InChI is InChI=1S/C34H32N4OS/c1-5-38-29-9-7-6-8-27(29)28-20-26(18-19-30(28)38)35-33(39)23(4)40-34-36-31(24-14-10-21(2)11-15-24)32(37-34)25-16-12-22(3)13-17-25/h6-20,23H,5H2,1-4H3,(H,35,39)(H,36,37). The van der Waals surface area contributed by atoms with E-state index in [1.807, 2.05) is 13.0 Å². The van der Waals surface area contributed by atoms with E-state index in [2.05, 4.69) is 121 Å². The van der Waals surface area contributed by atoms with Crippen LogP contribution in [0.15, 0.2) is 96.2 Å². The number of amides is 1. The zero-order valence-electron chi connectivity index (χ0n) is 23.2. The number of aryl methyl sites for hydroxylation is 3. The van der Waals surface area contributed by atoms with Gasteiger partial charge in [-0.2, -0.15) is 0 Å². The molecule has 1 amide bonds. The minimum atomic E-state index is -0.351. The molecule has 0 spiro atoms. The predicted molar refractivity (Wildman–Crippen MR) is 168 cm³/mol. The number of anilines is 1. The summed E-state index contributed by atoms with van der Waals surface area (Å²) in [6, 6.07) is 31.4. The maximum atomic E-state index is 13.3. The summed E-state index contributed by atoms with van der Waals surface area (Å²) in [7, 11) is 0. The molecule has 0 aliphatic heterocycles. The first-order valence-electron chi connectivity index (χ1n) is 13.6. The van der Waals surface area contributed by atoms with Gasteiger partial charge in [-0.1, -0.05) is 89.6 Å². The fraction of sp³-hybridized carbons (Fsp3) is 0.176. The highest BCUT2D eigenvalue weighted by molar-refractivity contribution is 8.00. The van der Waals surface area contributed by atoms with Crippen LogP contribution >= 0.6 is 11.8 Å². The number of thioether (sulfide) groups is 1. The van der Waals surface area contributed by atoms with Gasteiger partial charge in [-0.05, 0) is 52.0 Å². The Morgan fingerprint density at radius 1 is 0.875 bits per heavy atom. The second-order valence-corrected chi connectivity index (χ2v) is 11.6. The molecule has 1 unspecified atom stereocenters. The smallest absolute Gasteiger partial charge is 0.237 e. The second kappa shape index (κ2) is 10.7. The molecule has 0 saturated carbocycles. The monoisotopic (exact) mass is 544 g/mol. The van der Waals surface area contributed by atoms with Crippen molar-refractivity contribution in [1.82, 2.24) is 14.5 Å². The number of carbonyl (C=O) groups excluding carboxylic acids is 1. The molecule has 40 heavy (non-hydrogen) atoms. The van der Waals surface area contributed by atoms with Crippen molar-refractivity contribution in [1.29, 1.82) is 0 Å². The van der Waals surface area contributed by atoms with Gasteiger partial charge in [-0.3, -0.25) is 4.79 Å². The van der Waals surface area contributed by atoms with E-state index in [1.54, 1.807) is 0 Å². The van der Waals surface area contributed by atoms with Crippen LogP contribution < -0.4 is 5.32 Å². The van der Waals surface area contributed by atoms with Crippen molar-refractivity contribution in [2.45, 2.75) is 44.6 Å². The molecular formula is C34H32N4OS. The van der Waals surface area contributed by atoms with Gasteiger partial charge in [-0.15, -0.1) is 0 Å². The van der Waals surface area contributed by atoms with Gasteiger partial charge in [0.1, 0.15) is 0 Å². The lowest BCUT2D eigenvalue weighted by molar-refractivity contribution is -0.115. The number of fused-ring (bicyclic) bond motifs is 3. The molecule has 200 valence electrons. The van der Waals surface area contributed by atoms with Crippen LogP contribution in [0.2, 0.25) is 0 Å². The minimum Gasteiger partial charge on any atom is -0.341 e. The van der Waals surface area contributed by atoms with Gasteiger partial charge in [0.25, 0.3) is 0 Å². The highest BCUT2D eigenvalue weighted by Crippen LogP contribution is 2.35. The van der Waals surface area contributed by atoms with Crippen molar-refractivity contribution in [3.8, 4) is 22.5 Å². The van der Waals surface area contributed by atoms with Crippen molar-refractivity contribution < 1.29 is 4.79 Å². The van der Waals surface area contributed by atoms with Crippen LogP contribution in [-0.2, 0) is 11.3 Å². The first kappa shape index (κ1) is 26.0. The Balaban J connectivity index is 1.26. The summed E-state index contributed by atoms with van der Waals surface area (Å²) in [4.78, 5) is 21.8. The van der Waals surface area contributed by atoms with Gasteiger partial charge < -0.3 is 14.9 Å². The van der Waals surface area contributed by atoms with Crippen molar-refractivity contribution in [3.63, 3.8) is 0 Å². The summed E-state index contributed by atoms with van der Waals surface area (Å²) in [6.45, 7) is 9.13. The number of benzene rings is 4. The molecule has 0 aliphatic rings. The molecule has 2 N–H and O–H groups in total. The van der Waals surface area contributed by atoms with Crippen LogP contribution in [0, 0.1) is 13.8 Å². The van der Waals surface area contributed by atoms with Gasteiger partial charge in [0, 0.05) is 45.2 Å². The first-order valence-corrected chi connectivity index (χ1v) is 14.5. The van der Waals surface area contributed by atoms with Gasteiger partial charge in [0.2, 0.25) is 5.91 Å². The number of aromatic nitrogens is 3. The molecule has 0 fully saturated rings. The van der Waals surface area contributed by atoms with Gasteiger partial charge in [0.15, 0.2) is 5.16 Å². The van der Waals surface area contributed by atoms with Crippen LogP contribution in [-0.4, -0.2) is 25.7 Å². The number of para-hydroxylation sites is 1. The van der Waals surface area contributed by atoms with E-state index in [1.165, 1.54) is 39.3 Å². The third-order valence-corrected chi connectivity index (χ3v) is 8.35. The Morgan fingerprint density at radius 2 is 1.52 bits per heavy atom. The van der Waals surface area contributed by atoms with Crippen LogP contribution in [0.4, 0.5) is 5.69 Å². The topological polar surface area (TPSA) is 62.7 Å². The number of carbonyl (C=O) groups is 1. The van der Waals surface area contributed by atoms with Crippen molar-refractivity contribution in [3.05, 3.63) is 102 Å². The van der Waals surface area contributed by atoms with Gasteiger partial charge >= 0.3 is 0 Å². The van der Waals surface area contributed by atoms with E-state index in [9.17, 15) is 4.79 Å². The number of hydrogen-bond acceptors (Lipinski definition) is 3. The van der Waals surface area contributed by atoms with E-state index in [4.69, 9.17) is 4.98 Å². The molecule has 0 aliphatic carbocycles. The number of rotatable bonds is 7. The minimum absolute atomic E-state index is 0.0613. The Kier molecular flexibility index (Phi) is 6.95. The zero-order chi connectivity index (χ0) is 27.8. The number of nitrogens with one attached hydrogen (secondary N) is 2. The van der Waals surface area contributed by atoms with Crippen LogP contribution in [0.25, 0.3) is 44.3 Å². The third-order valence-electron chi connectivity index (χ3n) is 7.36. The maximum Gasteiger partial charge on any atom is 0.237 e. The second-order valence-electron chi connectivity index (χ2n) is 10.2. The Hall–Kier alpha value is -4.29. The fourth-order valence-electron chi connectivity index (χ4n) is 5.19. The molecule has 1 atom stereocenters. The lowest BCUT2D eigenvalue weighted by atomic mass is 10.0. The Bertz CT molecular complexity index is 1770. The number of aromatic amines is 1. The van der Waals surface area contributed by atoms with E-state index in [0.717, 1.165) is 45.3 Å². The number of hydrogen-bond donors (Lipinski definition) is 2. The average Bonchev–Trinajstić information content (AvgIpc) is 3.52. The van der Waals surface area contributed by atoms with Crippen LogP contribution in [0.3, 0.4) is 0 Å². The van der Waals surface area contributed by atoms with Gasteiger partial charge in [0.05, 0.1) is 16.6 Å². The highest BCUT2D eigenvalue weighted by atomic mass is 32.2. The molecular weight excluding hydrogens is 512 g/mol. The molecule has 2 heterocycles.